The minimum atomic E-state index is -4.64. The lowest BCUT2D eigenvalue weighted by atomic mass is 12.0. The van der Waals surface area contributed by atoms with Crippen LogP contribution in [0.4, 0.5) is 0 Å². The second-order valence-electron chi connectivity index (χ2n) is 1.54. The van der Waals surface area contributed by atoms with Crippen LogP contribution in [0.3, 0.4) is 0 Å². The molecule has 0 saturated carbocycles. The molecule has 0 aliphatic carbocycles. The minimum absolute atomic E-state index is 0. The van der Waals surface area contributed by atoms with Crippen molar-refractivity contribution in [1.82, 2.24) is 0 Å². The Morgan fingerprint density at radius 3 is 0.318 bits per heavy atom. The normalized spacial score (nSPS) is 8.05. The first-order chi connectivity index (χ1) is 6.00. The smallest absolute Gasteiger partial charge is 0.303 e. The van der Waals surface area contributed by atoms with Crippen molar-refractivity contribution in [2.75, 3.05) is 0 Å². The van der Waals surface area contributed by atoms with E-state index < -0.39 is 23.5 Å². The molecule has 12 nitrogen and oxygen atoms in total. The van der Waals surface area contributed by atoms with E-state index >= 15 is 0 Å². The van der Waals surface area contributed by atoms with E-state index in [-0.39, 0.29) is 52.0 Å². The second-order valence-corrected chi connectivity index (χ2v) is 4.62. The van der Waals surface area contributed by atoms with E-state index in [1.165, 1.54) is 0 Å². The molecule has 0 amide bonds. The van der Waals surface area contributed by atoms with Crippen LogP contribution in [0.1, 0.15) is 52.0 Å². The maximum absolute atomic E-state index is 8.88. The van der Waals surface area contributed by atoms with Crippen LogP contribution in [0.5, 0.6) is 0 Å². The van der Waals surface area contributed by atoms with Gasteiger partial charge in [-0.3, -0.25) is 0 Å². The highest BCUT2D eigenvalue weighted by molar-refractivity contribution is 7.45. The number of rotatable bonds is 0. The Morgan fingerprint density at radius 2 is 0.318 bits per heavy atom. The first-order valence-electron chi connectivity index (χ1n) is 2.35. The molecule has 0 aromatic heterocycles. The second kappa shape index (κ2) is 26.2. The molecule has 9 N–H and O–H groups in total. The van der Waals surface area contributed by atoms with E-state index in [1.54, 1.807) is 0 Å². The molecule has 0 rings (SSSR count). The molecule has 0 radical (unpaired) electrons. The molecule has 0 heterocycles. The van der Waals surface area contributed by atoms with Crippen molar-refractivity contribution in [3.63, 3.8) is 0 Å². The van der Waals surface area contributed by atoms with Crippen molar-refractivity contribution in [1.29, 1.82) is 0 Å². The summed E-state index contributed by atoms with van der Waals surface area (Å²) in [6.45, 7) is 0. The summed E-state index contributed by atoms with van der Waals surface area (Å²) < 4.78 is 26.6. The van der Waals surface area contributed by atoms with E-state index in [1.807, 2.05) is 0 Å². The summed E-state index contributed by atoms with van der Waals surface area (Å²) in [6, 6.07) is 0. The van der Waals surface area contributed by atoms with Gasteiger partial charge >= 0.3 is 23.5 Å². The summed E-state index contributed by atoms with van der Waals surface area (Å²) in [5.41, 5.74) is 0. The fraction of sp³-hybridized carbons (Fsp3) is 1.00. The molecule has 0 bridgehead atoms. The highest BCUT2D eigenvalue weighted by Crippen LogP contribution is 2.26. The quantitative estimate of drug-likeness (QED) is 0.261. The molecule has 0 aromatic rings. The molecule has 152 valence electrons. The van der Waals surface area contributed by atoms with E-state index in [0.29, 0.717) is 0 Å². The van der Waals surface area contributed by atoms with Crippen molar-refractivity contribution < 1.29 is 57.7 Å². The topological polar surface area (TPSA) is 233 Å². The number of phosphoric acid groups is 3. The van der Waals surface area contributed by atoms with Crippen LogP contribution in [0.25, 0.3) is 0 Å². The van der Waals surface area contributed by atoms with Gasteiger partial charge in [0.25, 0.3) is 0 Å². The van der Waals surface area contributed by atoms with Crippen LogP contribution in [0.2, 0.25) is 0 Å². The van der Waals surface area contributed by atoms with Crippen molar-refractivity contribution in [2.24, 2.45) is 0 Å². The van der Waals surface area contributed by atoms with Crippen LogP contribution in [-0.2, 0) is 13.7 Å². The third kappa shape index (κ3) is 69800. The van der Waals surface area contributed by atoms with Crippen molar-refractivity contribution in [2.45, 2.75) is 52.0 Å². The van der Waals surface area contributed by atoms with Gasteiger partial charge in [0.05, 0.1) is 0 Å². The van der Waals surface area contributed by atoms with E-state index in [2.05, 4.69) is 0 Å². The third-order valence-corrected chi connectivity index (χ3v) is 0. The van der Waals surface area contributed by atoms with Gasteiger partial charge < -0.3 is 44.0 Å². The van der Waals surface area contributed by atoms with Gasteiger partial charge in [-0.2, -0.15) is 0 Å². The molecule has 0 atom stereocenters. The lowest BCUT2D eigenvalue weighted by Gasteiger charge is -1.82. The highest BCUT2D eigenvalue weighted by atomic mass is 31.2. The van der Waals surface area contributed by atoms with Crippen LogP contribution in [0.15, 0.2) is 0 Å². The summed E-state index contributed by atoms with van der Waals surface area (Å²) in [4.78, 5) is 64.7. The standard InChI is InChI=1S/7CH4.3H3O4P/c;;;;;;;3*1-5(2,3)4/h7*1H4;3*(H3,1,2,3,4). The highest BCUT2D eigenvalue weighted by Gasteiger charge is 2.01. The fourth-order valence-electron chi connectivity index (χ4n) is 0. The van der Waals surface area contributed by atoms with Crippen molar-refractivity contribution in [3.8, 4) is 0 Å². The van der Waals surface area contributed by atoms with Crippen LogP contribution in [-0.4, -0.2) is 44.0 Å². The van der Waals surface area contributed by atoms with Crippen LogP contribution >= 0.6 is 23.5 Å². The monoisotopic (exact) mass is 406 g/mol. The van der Waals surface area contributed by atoms with Gasteiger partial charge in [-0.05, 0) is 0 Å². The van der Waals surface area contributed by atoms with Crippen LogP contribution < -0.4 is 0 Å². The summed E-state index contributed by atoms with van der Waals surface area (Å²) in [7, 11) is -13.9. The number of hydrogen-bond acceptors (Lipinski definition) is 3. The van der Waals surface area contributed by atoms with Crippen molar-refractivity contribution >= 4 is 23.5 Å². The predicted molar refractivity (Wildman–Crippen MR) is 89.9 cm³/mol. The molecular weight excluding hydrogens is 369 g/mol. The van der Waals surface area contributed by atoms with Gasteiger partial charge in [0.2, 0.25) is 0 Å². The summed E-state index contributed by atoms with van der Waals surface area (Å²) in [5, 5.41) is 0. The van der Waals surface area contributed by atoms with Gasteiger partial charge in [0, 0.05) is 0 Å². The lowest BCUT2D eigenvalue weighted by Crippen LogP contribution is -1.66. The molecule has 0 aliphatic rings. The van der Waals surface area contributed by atoms with E-state index in [0.717, 1.165) is 0 Å². The van der Waals surface area contributed by atoms with Gasteiger partial charge in [0.1, 0.15) is 0 Å². The molecule has 0 spiro atoms. The maximum Gasteiger partial charge on any atom is 0.466 e. The molecule has 0 fully saturated rings. The van der Waals surface area contributed by atoms with Gasteiger partial charge in [-0.1, -0.05) is 52.0 Å². The zero-order valence-electron chi connectivity index (χ0n) is 6.59. The summed E-state index contributed by atoms with van der Waals surface area (Å²) in [5.74, 6) is 0. The molecule has 0 aromatic carbocycles. The SMILES string of the molecule is C.C.C.C.C.C.C.O=P(O)(O)O.O=P(O)(O)O.O=P(O)(O)O. The third-order valence-electron chi connectivity index (χ3n) is 0. The Labute approximate surface area is 134 Å². The zero-order chi connectivity index (χ0) is 13.5. The zero-order valence-corrected chi connectivity index (χ0v) is 9.27. The maximum atomic E-state index is 8.88. The van der Waals surface area contributed by atoms with Crippen molar-refractivity contribution in [3.05, 3.63) is 0 Å². The summed E-state index contributed by atoms with van der Waals surface area (Å²) >= 11 is 0. The Hall–Kier alpha value is 0.330. The molecule has 0 aliphatic heterocycles. The van der Waals surface area contributed by atoms with Gasteiger partial charge in [-0.25, -0.2) is 13.7 Å². The Kier molecular flexibility index (Phi) is 79.7. The molecule has 0 saturated heterocycles. The van der Waals surface area contributed by atoms with E-state index in [9.17, 15) is 0 Å². The average molecular weight is 406 g/mol. The molecule has 15 heteroatoms. The predicted octanol–water partition coefficient (Wildman–Crippen LogP) is 1.67. The Morgan fingerprint density at radius 1 is 0.318 bits per heavy atom. The number of hydrogen-bond donors (Lipinski definition) is 9. The first kappa shape index (κ1) is 66.8. The largest absolute Gasteiger partial charge is 0.466 e. The van der Waals surface area contributed by atoms with Gasteiger partial charge in [-0.15, -0.1) is 0 Å². The fourth-order valence-corrected chi connectivity index (χ4v) is 0. The summed E-state index contributed by atoms with van der Waals surface area (Å²) in [6.07, 6.45) is 0. The molecular formula is C7H37O12P3. The molecule has 22 heavy (non-hydrogen) atoms. The van der Waals surface area contributed by atoms with Gasteiger partial charge in [0.15, 0.2) is 0 Å². The van der Waals surface area contributed by atoms with Crippen LogP contribution in [0, 0.1) is 0 Å². The molecule has 0 unspecified atom stereocenters. The average Bonchev–Trinajstić information content (AvgIpc) is 1.41. The lowest BCUT2D eigenvalue weighted by molar-refractivity contribution is 0.272. The minimum Gasteiger partial charge on any atom is -0.303 e. The Balaban J connectivity index is -0.0000000106. The Bertz CT molecular complexity index is 217. The van der Waals surface area contributed by atoms with E-state index in [4.69, 9.17) is 57.7 Å². The first-order valence-corrected chi connectivity index (χ1v) is 7.04.